The van der Waals surface area contributed by atoms with Crippen LogP contribution in [-0.4, -0.2) is 131 Å². The first-order valence-electron chi connectivity index (χ1n) is 24.3. The number of aromatic hydroxyl groups is 2. The molecule has 0 fully saturated rings. The van der Waals surface area contributed by atoms with Crippen LogP contribution in [0, 0.1) is 0 Å². The third-order valence-electron chi connectivity index (χ3n) is 11.8. The number of hydrogen-bond acceptors (Lipinski definition) is 13. The second kappa shape index (κ2) is 29.9. The van der Waals surface area contributed by atoms with E-state index in [-0.39, 0.29) is 94.4 Å². The lowest BCUT2D eigenvalue weighted by Gasteiger charge is -2.28. The molecule has 400 valence electrons. The van der Waals surface area contributed by atoms with Crippen LogP contribution >= 0.6 is 0 Å². The van der Waals surface area contributed by atoms with Crippen molar-refractivity contribution in [3.05, 3.63) is 95.7 Å². The minimum absolute atomic E-state index is 0.0463. The minimum Gasteiger partial charge on any atom is -0.508 e. The molecule has 21 N–H and O–H groups in total. The van der Waals surface area contributed by atoms with Crippen LogP contribution in [0.1, 0.15) is 68.6 Å². The van der Waals surface area contributed by atoms with Crippen molar-refractivity contribution in [3.63, 3.8) is 0 Å². The maximum Gasteiger partial charge on any atom is 0.243 e. The van der Waals surface area contributed by atoms with E-state index in [2.05, 4.69) is 46.9 Å². The number of nitrogens with zero attached hydrogens (tertiary/aromatic N) is 2. The predicted molar refractivity (Wildman–Crippen MR) is 280 cm³/mol. The van der Waals surface area contributed by atoms with Gasteiger partial charge in [-0.3, -0.25) is 43.5 Å². The fourth-order valence-electron chi connectivity index (χ4n) is 7.98. The summed E-state index contributed by atoms with van der Waals surface area (Å²) in [5.41, 5.74) is 35.9. The van der Waals surface area contributed by atoms with E-state index in [9.17, 15) is 43.8 Å². The summed E-state index contributed by atoms with van der Waals surface area (Å²) in [4.78, 5) is 108. The molecule has 4 aromatic rings. The van der Waals surface area contributed by atoms with Crippen LogP contribution in [0.3, 0.4) is 0 Å². The number of aromatic amines is 1. The average Bonchev–Trinajstić information content (AvgIpc) is 3.77. The van der Waals surface area contributed by atoms with Crippen molar-refractivity contribution in [1.29, 1.82) is 0 Å². The lowest BCUT2D eigenvalue weighted by atomic mass is 10.00. The zero-order chi connectivity index (χ0) is 54.2. The van der Waals surface area contributed by atoms with Gasteiger partial charge in [-0.1, -0.05) is 42.5 Å². The molecule has 0 aliphatic rings. The van der Waals surface area contributed by atoms with Crippen LogP contribution in [0.5, 0.6) is 11.5 Å². The third kappa shape index (κ3) is 19.7. The van der Waals surface area contributed by atoms with Gasteiger partial charge in [0.25, 0.3) is 0 Å². The molecule has 24 nitrogen and oxygen atoms in total. The fourth-order valence-corrected chi connectivity index (χ4v) is 7.98. The van der Waals surface area contributed by atoms with Crippen molar-refractivity contribution in [3.8, 4) is 11.5 Å². The summed E-state index contributed by atoms with van der Waals surface area (Å²) in [6, 6.07) is 11.4. The molecule has 0 saturated carbocycles. The highest BCUT2D eigenvalue weighted by atomic mass is 16.3. The van der Waals surface area contributed by atoms with Crippen molar-refractivity contribution in [2.75, 3.05) is 26.2 Å². The molecule has 0 saturated heterocycles. The number of phenols is 2. The van der Waals surface area contributed by atoms with E-state index in [0.29, 0.717) is 36.1 Å². The summed E-state index contributed by atoms with van der Waals surface area (Å²) in [5.74, 6) is -5.36. The van der Waals surface area contributed by atoms with Crippen molar-refractivity contribution in [1.82, 2.24) is 36.9 Å². The number of guanidine groups is 2. The van der Waals surface area contributed by atoms with Crippen molar-refractivity contribution in [2.45, 2.75) is 107 Å². The Morgan fingerprint density at radius 1 is 0.527 bits per heavy atom. The van der Waals surface area contributed by atoms with Gasteiger partial charge in [-0.25, -0.2) is 0 Å². The van der Waals surface area contributed by atoms with E-state index < -0.39 is 77.5 Å². The summed E-state index contributed by atoms with van der Waals surface area (Å²) >= 11 is 0. The van der Waals surface area contributed by atoms with Crippen LogP contribution in [0.2, 0.25) is 0 Å². The van der Waals surface area contributed by atoms with Gasteiger partial charge in [0.05, 0.1) is 12.6 Å². The van der Waals surface area contributed by atoms with Crippen LogP contribution in [0.4, 0.5) is 0 Å². The molecule has 6 atom stereocenters. The normalized spacial score (nSPS) is 13.4. The van der Waals surface area contributed by atoms with Gasteiger partial charge >= 0.3 is 0 Å². The Kier molecular flexibility index (Phi) is 23.6. The molecule has 0 aliphatic carbocycles. The first kappa shape index (κ1) is 58.3. The number of ketones is 1. The van der Waals surface area contributed by atoms with Crippen LogP contribution in [0.15, 0.2) is 89.0 Å². The van der Waals surface area contributed by atoms with Crippen LogP contribution in [-0.2, 0) is 52.8 Å². The number of Topliss-reactive ketones (excluding diaryl/α,β-unsaturated/α-hetero) is 1. The highest BCUT2D eigenvalue weighted by Crippen LogP contribution is 2.20. The lowest BCUT2D eigenvalue weighted by Crippen LogP contribution is -2.60. The number of benzene rings is 3. The summed E-state index contributed by atoms with van der Waals surface area (Å²) in [6.45, 7) is 1.44. The summed E-state index contributed by atoms with van der Waals surface area (Å²) < 4.78 is 0. The number of rotatable bonds is 31. The first-order chi connectivity index (χ1) is 35.4. The highest BCUT2D eigenvalue weighted by molar-refractivity contribution is 5.98. The van der Waals surface area contributed by atoms with Crippen LogP contribution < -0.4 is 66.3 Å². The molecule has 0 radical (unpaired) electrons. The summed E-state index contributed by atoms with van der Waals surface area (Å²) in [7, 11) is 0. The zero-order valence-electron chi connectivity index (χ0n) is 41.5. The van der Waals surface area contributed by atoms with Crippen molar-refractivity contribution >= 4 is 64.0 Å². The predicted octanol–water partition coefficient (Wildman–Crippen LogP) is -1.70. The number of H-pyrrole nitrogens is 1. The molecule has 1 aromatic heterocycles. The third-order valence-corrected chi connectivity index (χ3v) is 11.8. The molecule has 1 heterocycles. The number of nitrogens with two attached hydrogens (primary N) is 6. The number of hydrogen-bond donors (Lipinski definition) is 15. The van der Waals surface area contributed by atoms with E-state index in [1.54, 1.807) is 18.3 Å². The van der Waals surface area contributed by atoms with Gasteiger partial charge in [0.2, 0.25) is 35.4 Å². The molecule has 3 aromatic carbocycles. The molecule has 0 unspecified atom stereocenters. The molecule has 0 spiro atoms. The Labute approximate surface area is 428 Å². The second-order valence-electron chi connectivity index (χ2n) is 17.7. The number of fused-ring (bicyclic) bond motifs is 1. The molecule has 6 amide bonds. The Bertz CT molecular complexity index is 2560. The number of para-hydroxylation sites is 1. The highest BCUT2D eigenvalue weighted by Gasteiger charge is 2.34. The zero-order valence-corrected chi connectivity index (χ0v) is 41.5. The minimum atomic E-state index is -1.45. The smallest absolute Gasteiger partial charge is 0.243 e. The number of amides is 6. The van der Waals surface area contributed by atoms with Gasteiger partial charge in [-0.2, -0.15) is 0 Å². The Hall–Kier alpha value is -8.25. The number of carbonyl (C=O) groups excluding carboxylic acids is 7. The molecule has 0 aliphatic heterocycles. The maximum atomic E-state index is 14.7. The molecule has 0 bridgehead atoms. The average molecular weight is 1030 g/mol. The standard InChI is InChI=1S/C50H71N15O9/c1-29(66)60-38(11-6-22-57-49(53)54)44(70)63-41(25-31-15-19-34(68)20-16-31)47(73)64-40(24-30-13-17-33(67)18-14-30)46(72)62-39(12-7-23-58-50(55)56)45(71)65-42(26-32-28-59-36-9-3-2-8-35(32)36)48(74)61-37(43(69)27-52)10-4-5-21-51/h2-3,8-9,13-20,28,37-42,59,67-68H,4-7,10-12,21-27,51-52H2,1H3,(H,60,66)(H,61,74)(H,62,72)(H,63,70)(H,64,73)(H,65,71)(H4,53,54,57)(H4,55,56,58)/t37-,38-,39-,40-,41-,42-/m0/s1. The quantitative estimate of drug-likeness (QED) is 0.0152. The Morgan fingerprint density at radius 2 is 0.946 bits per heavy atom. The molecule has 24 heteroatoms. The van der Waals surface area contributed by atoms with Crippen molar-refractivity contribution < 1.29 is 43.8 Å². The SMILES string of the molecule is CC(=O)N[C@@H](CCCN=C(N)N)C(=O)N[C@@H](Cc1ccc(O)cc1)C(=O)N[C@@H](Cc1ccc(O)cc1)C(=O)N[C@@H](CCCN=C(N)N)C(=O)N[C@@H](Cc1c[nH]c2ccccc12)C(=O)N[C@@H](CCCCN)C(=O)CN. The van der Waals surface area contributed by atoms with Gasteiger partial charge < -0.3 is 81.5 Å². The Balaban J connectivity index is 1.71. The van der Waals surface area contributed by atoms with Crippen molar-refractivity contribution in [2.24, 2.45) is 44.4 Å². The summed E-state index contributed by atoms with van der Waals surface area (Å²) in [5, 5.41) is 37.2. The number of nitrogens with one attached hydrogen (secondary N) is 7. The van der Waals surface area contributed by atoms with E-state index in [4.69, 9.17) is 34.4 Å². The number of aromatic nitrogens is 1. The van der Waals surface area contributed by atoms with Gasteiger partial charge in [0.15, 0.2) is 17.7 Å². The monoisotopic (exact) mass is 1030 g/mol. The summed E-state index contributed by atoms with van der Waals surface area (Å²) in [6.07, 6.45) is 3.12. The number of carbonyl (C=O) groups is 7. The number of aliphatic imine (C=N–C) groups is 2. The van der Waals surface area contributed by atoms with Gasteiger partial charge in [0, 0.05) is 56.4 Å². The lowest BCUT2D eigenvalue weighted by molar-refractivity contribution is -0.135. The van der Waals surface area contributed by atoms with Gasteiger partial charge in [-0.05, 0) is 98.5 Å². The fraction of sp³-hybridized carbons (Fsp3) is 0.420. The Morgan fingerprint density at radius 3 is 1.41 bits per heavy atom. The molecule has 74 heavy (non-hydrogen) atoms. The van der Waals surface area contributed by atoms with Crippen LogP contribution in [0.25, 0.3) is 10.9 Å². The van der Waals surface area contributed by atoms with Gasteiger partial charge in [0.1, 0.15) is 41.7 Å². The molecular formula is C50H71N15O9. The van der Waals surface area contributed by atoms with E-state index in [0.717, 1.165) is 10.9 Å². The first-order valence-corrected chi connectivity index (χ1v) is 24.3. The molecular weight excluding hydrogens is 955 g/mol. The second-order valence-corrected chi connectivity index (χ2v) is 17.7. The maximum absolute atomic E-state index is 14.7. The van der Waals surface area contributed by atoms with E-state index >= 15 is 0 Å². The molecule has 4 rings (SSSR count). The van der Waals surface area contributed by atoms with Gasteiger partial charge in [-0.15, -0.1) is 0 Å². The number of phenolic OH excluding ortho intramolecular Hbond substituents is 2. The van der Waals surface area contributed by atoms with E-state index in [1.165, 1.54) is 43.3 Å². The topological polar surface area (TPSA) is 429 Å². The largest absolute Gasteiger partial charge is 0.508 e. The number of unbranched alkanes of at least 4 members (excludes halogenated alkanes) is 1. The van der Waals surface area contributed by atoms with E-state index in [1.807, 2.05) is 24.3 Å².